The van der Waals surface area contributed by atoms with Crippen LogP contribution in [0.1, 0.15) is 32.6 Å². The van der Waals surface area contributed by atoms with Crippen molar-refractivity contribution < 1.29 is 9.47 Å². The molecule has 0 spiro atoms. The molecule has 0 saturated heterocycles. The van der Waals surface area contributed by atoms with Crippen molar-refractivity contribution in [3.8, 4) is 11.5 Å². The summed E-state index contributed by atoms with van der Waals surface area (Å²) in [5.74, 6) is 2.57. The number of unbranched alkanes of at least 4 members (excludes halogenated alkanes) is 3. The van der Waals surface area contributed by atoms with Crippen molar-refractivity contribution in [3.63, 3.8) is 0 Å². The quantitative estimate of drug-likeness (QED) is 0.815. The molecule has 0 bridgehead atoms. The molecule has 4 heteroatoms. The number of benzene rings is 1. The van der Waals surface area contributed by atoms with Crippen LogP contribution in [0.4, 0.5) is 5.82 Å². The number of anilines is 1. The van der Waals surface area contributed by atoms with Gasteiger partial charge in [-0.3, -0.25) is 0 Å². The Kier molecular flexibility index (Phi) is 4.43. The topological polar surface area (TPSA) is 43.4 Å². The monoisotopic (exact) mass is 286 g/mol. The van der Waals surface area contributed by atoms with E-state index in [0.29, 0.717) is 13.2 Å². The largest absolute Gasteiger partial charge is 0.486 e. The zero-order chi connectivity index (χ0) is 14.5. The average Bonchev–Trinajstić information content (AvgIpc) is 2.53. The van der Waals surface area contributed by atoms with Crippen molar-refractivity contribution in [2.24, 2.45) is 0 Å². The van der Waals surface area contributed by atoms with Gasteiger partial charge in [0.15, 0.2) is 11.5 Å². The van der Waals surface area contributed by atoms with Gasteiger partial charge in [-0.2, -0.15) is 0 Å². The second-order valence-corrected chi connectivity index (χ2v) is 5.36. The smallest absolute Gasteiger partial charge is 0.162 e. The lowest BCUT2D eigenvalue weighted by atomic mass is 10.1. The summed E-state index contributed by atoms with van der Waals surface area (Å²) in [4.78, 5) is 4.47. The third-order valence-corrected chi connectivity index (χ3v) is 3.75. The molecule has 21 heavy (non-hydrogen) atoms. The van der Waals surface area contributed by atoms with E-state index in [9.17, 15) is 0 Å². The molecule has 0 radical (unpaired) electrons. The molecule has 112 valence electrons. The van der Waals surface area contributed by atoms with E-state index < -0.39 is 0 Å². The highest BCUT2D eigenvalue weighted by Gasteiger charge is 2.14. The molecule has 0 atom stereocenters. The maximum Gasteiger partial charge on any atom is 0.162 e. The number of ether oxygens (including phenoxy) is 2. The Labute approximate surface area is 125 Å². The number of hydrogen-bond donors (Lipinski definition) is 1. The zero-order valence-electron chi connectivity index (χ0n) is 12.5. The van der Waals surface area contributed by atoms with Crippen LogP contribution in [0.25, 0.3) is 10.8 Å². The van der Waals surface area contributed by atoms with Gasteiger partial charge in [0.1, 0.15) is 19.0 Å². The van der Waals surface area contributed by atoms with Crippen LogP contribution in [0.2, 0.25) is 0 Å². The first-order valence-corrected chi connectivity index (χ1v) is 7.80. The molecule has 4 nitrogen and oxygen atoms in total. The van der Waals surface area contributed by atoms with Crippen LogP contribution in [-0.4, -0.2) is 24.7 Å². The molecule has 0 aliphatic carbocycles. The number of nitrogens with one attached hydrogen (secondary N) is 1. The number of pyridine rings is 1. The lowest BCUT2D eigenvalue weighted by molar-refractivity contribution is 0.172. The van der Waals surface area contributed by atoms with Gasteiger partial charge in [-0.05, 0) is 30.0 Å². The molecule has 0 saturated carbocycles. The Bertz CT molecular complexity index is 613. The van der Waals surface area contributed by atoms with Crippen molar-refractivity contribution in [1.82, 2.24) is 4.98 Å². The van der Waals surface area contributed by atoms with E-state index in [1.54, 1.807) is 0 Å². The highest BCUT2D eigenvalue weighted by atomic mass is 16.6. The fourth-order valence-corrected chi connectivity index (χ4v) is 2.61. The second kappa shape index (κ2) is 6.66. The summed E-state index contributed by atoms with van der Waals surface area (Å²) >= 11 is 0. The highest BCUT2D eigenvalue weighted by molar-refractivity contribution is 5.94. The maximum atomic E-state index is 5.66. The Morgan fingerprint density at radius 3 is 2.71 bits per heavy atom. The van der Waals surface area contributed by atoms with E-state index in [1.165, 1.54) is 25.7 Å². The summed E-state index contributed by atoms with van der Waals surface area (Å²) in [6.45, 7) is 4.41. The summed E-state index contributed by atoms with van der Waals surface area (Å²) < 4.78 is 11.3. The third-order valence-electron chi connectivity index (χ3n) is 3.75. The van der Waals surface area contributed by atoms with Crippen LogP contribution < -0.4 is 14.8 Å². The van der Waals surface area contributed by atoms with Crippen molar-refractivity contribution in [1.29, 1.82) is 0 Å². The zero-order valence-corrected chi connectivity index (χ0v) is 12.5. The number of fused-ring (bicyclic) bond motifs is 2. The minimum atomic E-state index is 0.610. The Hall–Kier alpha value is -1.97. The Balaban J connectivity index is 1.78. The van der Waals surface area contributed by atoms with E-state index in [4.69, 9.17) is 9.47 Å². The molecular weight excluding hydrogens is 264 g/mol. The third kappa shape index (κ3) is 3.20. The van der Waals surface area contributed by atoms with Gasteiger partial charge in [0.25, 0.3) is 0 Å². The SMILES string of the molecule is CCCCCCNc1nccc2cc3c(cc12)OCCO3. The van der Waals surface area contributed by atoms with Crippen molar-refractivity contribution in [3.05, 3.63) is 24.4 Å². The molecule has 0 unspecified atom stereocenters. The summed E-state index contributed by atoms with van der Waals surface area (Å²) in [7, 11) is 0. The minimum absolute atomic E-state index is 0.610. The minimum Gasteiger partial charge on any atom is -0.486 e. The standard InChI is InChI=1S/C17H22N2O2/c1-2-3-4-5-7-18-17-14-12-16-15(20-9-10-21-16)11-13(14)6-8-19-17/h6,8,11-12H,2-5,7,9-10H2,1H3,(H,18,19). The van der Waals surface area contributed by atoms with Gasteiger partial charge in [-0.15, -0.1) is 0 Å². The van der Waals surface area contributed by atoms with Gasteiger partial charge >= 0.3 is 0 Å². The lowest BCUT2D eigenvalue weighted by Crippen LogP contribution is -2.15. The molecule has 0 fully saturated rings. The molecule has 3 rings (SSSR count). The molecule has 0 amide bonds. The van der Waals surface area contributed by atoms with Gasteiger partial charge in [-0.1, -0.05) is 26.2 Å². The normalized spacial score (nSPS) is 13.4. The van der Waals surface area contributed by atoms with E-state index in [1.807, 2.05) is 24.4 Å². The first-order valence-electron chi connectivity index (χ1n) is 7.80. The van der Waals surface area contributed by atoms with Crippen LogP contribution in [0, 0.1) is 0 Å². The molecule has 1 aliphatic heterocycles. The molecule has 1 aromatic carbocycles. The summed E-state index contributed by atoms with van der Waals surface area (Å²) in [5, 5.41) is 5.67. The molecular formula is C17H22N2O2. The molecule has 1 aromatic heterocycles. The maximum absolute atomic E-state index is 5.66. The van der Waals surface area contributed by atoms with Crippen LogP contribution >= 0.6 is 0 Å². The number of nitrogens with zero attached hydrogens (tertiary/aromatic N) is 1. The van der Waals surface area contributed by atoms with E-state index in [0.717, 1.165) is 34.6 Å². The van der Waals surface area contributed by atoms with E-state index in [2.05, 4.69) is 17.2 Å². The van der Waals surface area contributed by atoms with Gasteiger partial charge < -0.3 is 14.8 Å². The molecule has 1 N–H and O–H groups in total. The predicted octanol–water partition coefficient (Wildman–Crippen LogP) is 4.00. The average molecular weight is 286 g/mol. The van der Waals surface area contributed by atoms with Gasteiger partial charge in [0.2, 0.25) is 0 Å². The van der Waals surface area contributed by atoms with Gasteiger partial charge in [0, 0.05) is 18.1 Å². The van der Waals surface area contributed by atoms with Crippen LogP contribution in [0.5, 0.6) is 11.5 Å². The van der Waals surface area contributed by atoms with Crippen molar-refractivity contribution in [2.75, 3.05) is 25.1 Å². The Morgan fingerprint density at radius 1 is 1.10 bits per heavy atom. The van der Waals surface area contributed by atoms with Crippen LogP contribution in [-0.2, 0) is 0 Å². The fraction of sp³-hybridized carbons (Fsp3) is 0.471. The predicted molar refractivity (Wildman–Crippen MR) is 85.4 cm³/mol. The summed E-state index contributed by atoms with van der Waals surface area (Å²) in [6.07, 6.45) is 6.84. The van der Waals surface area contributed by atoms with Crippen molar-refractivity contribution >= 4 is 16.6 Å². The summed E-state index contributed by atoms with van der Waals surface area (Å²) in [5.41, 5.74) is 0. The first-order chi connectivity index (χ1) is 10.4. The fourth-order valence-electron chi connectivity index (χ4n) is 2.61. The second-order valence-electron chi connectivity index (χ2n) is 5.36. The Morgan fingerprint density at radius 2 is 1.90 bits per heavy atom. The summed E-state index contributed by atoms with van der Waals surface area (Å²) in [6, 6.07) is 6.08. The van der Waals surface area contributed by atoms with Crippen LogP contribution in [0.3, 0.4) is 0 Å². The first kappa shape index (κ1) is 14.0. The van der Waals surface area contributed by atoms with E-state index in [-0.39, 0.29) is 0 Å². The highest BCUT2D eigenvalue weighted by Crippen LogP contribution is 2.36. The number of aromatic nitrogens is 1. The van der Waals surface area contributed by atoms with E-state index >= 15 is 0 Å². The molecule has 2 heterocycles. The van der Waals surface area contributed by atoms with Crippen molar-refractivity contribution in [2.45, 2.75) is 32.6 Å². The number of hydrogen-bond acceptors (Lipinski definition) is 4. The number of rotatable bonds is 6. The molecule has 1 aliphatic rings. The van der Waals surface area contributed by atoms with Gasteiger partial charge in [-0.25, -0.2) is 4.98 Å². The van der Waals surface area contributed by atoms with Gasteiger partial charge in [0.05, 0.1) is 0 Å². The van der Waals surface area contributed by atoms with Crippen LogP contribution in [0.15, 0.2) is 24.4 Å². The molecule has 2 aromatic rings. The lowest BCUT2D eigenvalue weighted by Gasteiger charge is -2.19.